The Kier molecular flexibility index (Phi) is 5.43. The van der Waals surface area contributed by atoms with Crippen molar-refractivity contribution in [2.45, 2.75) is 20.4 Å². The van der Waals surface area contributed by atoms with Crippen LogP contribution in [0.1, 0.15) is 19.4 Å². The molecule has 1 aliphatic rings. The normalized spacial score (nSPS) is 16.1. The second kappa shape index (κ2) is 7.08. The lowest BCUT2D eigenvalue weighted by Gasteiger charge is -2.28. The Bertz CT molecular complexity index is 406. The molecule has 1 N–H and O–H groups in total. The summed E-state index contributed by atoms with van der Waals surface area (Å²) in [6.45, 7) is 9.50. The van der Waals surface area contributed by atoms with Crippen LogP contribution in [-0.2, 0) is 11.3 Å². The molecule has 1 saturated heterocycles. The Balaban J connectivity index is 2.01. The van der Waals surface area contributed by atoms with Gasteiger partial charge in [-0.1, -0.05) is 25.4 Å². The Hall–Kier alpha value is -0.840. The maximum absolute atomic E-state index is 6.20. The molecule has 0 unspecified atom stereocenters. The number of nitrogens with zero attached hydrogens (tertiary/aromatic N) is 2. The van der Waals surface area contributed by atoms with Gasteiger partial charge in [-0.2, -0.15) is 0 Å². The molecule has 0 spiro atoms. The summed E-state index contributed by atoms with van der Waals surface area (Å²) in [5.41, 5.74) is 1.11. The number of ether oxygens (including phenoxy) is 1. The molecule has 2 heterocycles. The van der Waals surface area contributed by atoms with Crippen molar-refractivity contribution >= 4 is 17.4 Å². The van der Waals surface area contributed by atoms with Crippen LogP contribution in [0.2, 0.25) is 5.02 Å². The molecule has 0 amide bonds. The number of hydrogen-bond donors (Lipinski definition) is 1. The lowest BCUT2D eigenvalue weighted by Crippen LogP contribution is -2.36. The maximum atomic E-state index is 6.20. The zero-order valence-electron chi connectivity index (χ0n) is 11.7. The van der Waals surface area contributed by atoms with Gasteiger partial charge in [-0.3, -0.25) is 0 Å². The van der Waals surface area contributed by atoms with Crippen LogP contribution in [0.15, 0.2) is 12.3 Å². The summed E-state index contributed by atoms with van der Waals surface area (Å²) in [7, 11) is 0. The van der Waals surface area contributed by atoms with Gasteiger partial charge in [0.05, 0.1) is 18.2 Å². The van der Waals surface area contributed by atoms with E-state index in [2.05, 4.69) is 35.1 Å². The zero-order chi connectivity index (χ0) is 13.7. The standard InChI is InChI=1S/C14H22ClN3O/c1-11(2)8-16-9-12-7-14(17-10-13(12)15)18-3-5-19-6-4-18/h7,10-11,16H,3-6,8-9H2,1-2H3. The molecule has 1 aromatic rings. The van der Waals surface area contributed by atoms with Gasteiger partial charge in [0.25, 0.3) is 0 Å². The van der Waals surface area contributed by atoms with Crippen molar-refractivity contribution < 1.29 is 4.74 Å². The molecule has 19 heavy (non-hydrogen) atoms. The van der Waals surface area contributed by atoms with Crippen LogP contribution in [0.25, 0.3) is 0 Å². The summed E-state index contributed by atoms with van der Waals surface area (Å²) < 4.78 is 5.36. The van der Waals surface area contributed by atoms with E-state index in [4.69, 9.17) is 16.3 Å². The second-order valence-corrected chi connectivity index (χ2v) is 5.67. The molecule has 0 radical (unpaired) electrons. The van der Waals surface area contributed by atoms with Crippen LogP contribution in [-0.4, -0.2) is 37.8 Å². The molecule has 1 fully saturated rings. The van der Waals surface area contributed by atoms with Gasteiger partial charge in [0.15, 0.2) is 0 Å². The van der Waals surface area contributed by atoms with Gasteiger partial charge < -0.3 is 15.0 Å². The van der Waals surface area contributed by atoms with Gasteiger partial charge >= 0.3 is 0 Å². The third-order valence-corrected chi connectivity index (χ3v) is 3.46. The Labute approximate surface area is 120 Å². The monoisotopic (exact) mass is 283 g/mol. The number of pyridine rings is 1. The number of aromatic nitrogens is 1. The van der Waals surface area contributed by atoms with E-state index in [9.17, 15) is 0 Å². The van der Waals surface area contributed by atoms with Crippen molar-refractivity contribution in [1.82, 2.24) is 10.3 Å². The van der Waals surface area contributed by atoms with Gasteiger partial charge in [0.1, 0.15) is 5.82 Å². The first-order chi connectivity index (χ1) is 9.16. The highest BCUT2D eigenvalue weighted by molar-refractivity contribution is 6.31. The predicted octanol–water partition coefficient (Wildman–Crippen LogP) is 2.32. The predicted molar refractivity (Wildman–Crippen MR) is 78.8 cm³/mol. The number of hydrogen-bond acceptors (Lipinski definition) is 4. The Morgan fingerprint density at radius 3 is 2.84 bits per heavy atom. The Morgan fingerprint density at radius 1 is 1.42 bits per heavy atom. The van der Waals surface area contributed by atoms with Crippen molar-refractivity contribution in [2.24, 2.45) is 5.92 Å². The van der Waals surface area contributed by atoms with Crippen LogP contribution >= 0.6 is 11.6 Å². The van der Waals surface area contributed by atoms with Gasteiger partial charge in [-0.05, 0) is 24.1 Å². The van der Waals surface area contributed by atoms with Crippen LogP contribution in [0.5, 0.6) is 0 Å². The molecule has 5 heteroatoms. The molecule has 4 nitrogen and oxygen atoms in total. The Morgan fingerprint density at radius 2 is 2.16 bits per heavy atom. The van der Waals surface area contributed by atoms with Crippen molar-refractivity contribution in [3.8, 4) is 0 Å². The number of anilines is 1. The molecule has 1 aromatic heterocycles. The molecule has 2 rings (SSSR count). The van der Waals surface area contributed by atoms with E-state index < -0.39 is 0 Å². The van der Waals surface area contributed by atoms with E-state index in [1.165, 1.54) is 0 Å². The van der Waals surface area contributed by atoms with Crippen LogP contribution in [0, 0.1) is 5.92 Å². The third kappa shape index (κ3) is 4.34. The van der Waals surface area contributed by atoms with Gasteiger partial charge in [0.2, 0.25) is 0 Å². The van der Waals surface area contributed by atoms with Gasteiger partial charge in [0, 0.05) is 25.8 Å². The minimum Gasteiger partial charge on any atom is -0.378 e. The maximum Gasteiger partial charge on any atom is 0.129 e. The molecule has 0 aromatic carbocycles. The van der Waals surface area contributed by atoms with Crippen LogP contribution in [0.4, 0.5) is 5.82 Å². The molecular weight excluding hydrogens is 262 g/mol. The number of rotatable bonds is 5. The van der Waals surface area contributed by atoms with Gasteiger partial charge in [-0.25, -0.2) is 4.98 Å². The minimum atomic E-state index is 0.638. The lowest BCUT2D eigenvalue weighted by molar-refractivity contribution is 0.122. The summed E-state index contributed by atoms with van der Waals surface area (Å²) in [6.07, 6.45) is 1.75. The van der Waals surface area contributed by atoms with E-state index in [1.54, 1.807) is 6.20 Å². The topological polar surface area (TPSA) is 37.4 Å². The number of nitrogens with one attached hydrogen (secondary N) is 1. The zero-order valence-corrected chi connectivity index (χ0v) is 12.4. The van der Waals surface area contributed by atoms with Crippen molar-refractivity contribution in [1.29, 1.82) is 0 Å². The first-order valence-corrected chi connectivity index (χ1v) is 7.22. The quantitative estimate of drug-likeness (QED) is 0.900. The number of halogens is 1. The molecule has 0 bridgehead atoms. The highest BCUT2D eigenvalue weighted by Gasteiger charge is 2.13. The SMILES string of the molecule is CC(C)CNCc1cc(N2CCOCC2)ncc1Cl. The fraction of sp³-hybridized carbons (Fsp3) is 0.643. The molecule has 0 atom stereocenters. The van der Waals surface area contributed by atoms with E-state index in [0.29, 0.717) is 5.92 Å². The third-order valence-electron chi connectivity index (χ3n) is 3.12. The minimum absolute atomic E-state index is 0.638. The van der Waals surface area contributed by atoms with E-state index in [-0.39, 0.29) is 0 Å². The molecule has 0 saturated carbocycles. The van der Waals surface area contributed by atoms with Gasteiger partial charge in [-0.15, -0.1) is 0 Å². The van der Waals surface area contributed by atoms with Crippen LogP contribution < -0.4 is 10.2 Å². The summed E-state index contributed by atoms with van der Waals surface area (Å²) in [6, 6.07) is 2.08. The highest BCUT2D eigenvalue weighted by Crippen LogP contribution is 2.21. The fourth-order valence-corrected chi connectivity index (χ4v) is 2.23. The lowest BCUT2D eigenvalue weighted by atomic mass is 10.2. The first-order valence-electron chi connectivity index (χ1n) is 6.84. The molecular formula is C14H22ClN3O. The van der Waals surface area contributed by atoms with E-state index in [0.717, 1.165) is 55.8 Å². The first kappa shape index (κ1) is 14.6. The van der Waals surface area contributed by atoms with E-state index in [1.807, 2.05) is 0 Å². The summed E-state index contributed by atoms with van der Waals surface area (Å²) >= 11 is 6.20. The van der Waals surface area contributed by atoms with Crippen molar-refractivity contribution in [3.05, 3.63) is 22.8 Å². The molecule has 106 valence electrons. The summed E-state index contributed by atoms with van der Waals surface area (Å²) in [5, 5.41) is 4.15. The summed E-state index contributed by atoms with van der Waals surface area (Å²) in [4.78, 5) is 6.66. The average Bonchev–Trinajstić information content (AvgIpc) is 2.41. The largest absolute Gasteiger partial charge is 0.378 e. The average molecular weight is 284 g/mol. The smallest absolute Gasteiger partial charge is 0.129 e. The molecule has 1 aliphatic heterocycles. The summed E-state index contributed by atoms with van der Waals surface area (Å²) in [5.74, 6) is 1.63. The highest BCUT2D eigenvalue weighted by atomic mass is 35.5. The molecule has 0 aliphatic carbocycles. The van der Waals surface area contributed by atoms with E-state index >= 15 is 0 Å². The second-order valence-electron chi connectivity index (χ2n) is 5.26. The van der Waals surface area contributed by atoms with Crippen LogP contribution in [0.3, 0.4) is 0 Å². The van der Waals surface area contributed by atoms with Crippen molar-refractivity contribution in [3.63, 3.8) is 0 Å². The fourth-order valence-electron chi connectivity index (χ4n) is 2.06. The van der Waals surface area contributed by atoms with Crippen molar-refractivity contribution in [2.75, 3.05) is 37.7 Å². The number of morpholine rings is 1.